The van der Waals surface area contributed by atoms with E-state index < -0.39 is 0 Å². The van der Waals surface area contributed by atoms with Gasteiger partial charge in [0.2, 0.25) is 0 Å². The largest absolute Gasteiger partial charge is 0.314 e. The lowest BCUT2D eigenvalue weighted by Gasteiger charge is -2.13. The van der Waals surface area contributed by atoms with Gasteiger partial charge in [0.15, 0.2) is 0 Å². The molecule has 1 N–H and O–H groups in total. The second-order valence-corrected chi connectivity index (χ2v) is 4.80. The summed E-state index contributed by atoms with van der Waals surface area (Å²) in [4.78, 5) is 0. The normalized spacial score (nSPS) is 21.7. The predicted molar refractivity (Wildman–Crippen MR) is 57.5 cm³/mol. The Balaban J connectivity index is 1.68. The highest BCUT2D eigenvalue weighted by Crippen LogP contribution is 2.28. The smallest absolute Gasteiger partial charge is 0.149 e. The van der Waals surface area contributed by atoms with Crippen LogP contribution in [0.1, 0.15) is 43.9 Å². The molecule has 15 heavy (non-hydrogen) atoms. The highest BCUT2D eigenvalue weighted by molar-refractivity contribution is 5.04. The zero-order valence-electron chi connectivity index (χ0n) is 9.24. The standard InChI is InChI=1S/C11H18N4/c1-8(12-7-9-4-5-9)11-14-13-10-3-2-6-15(10)11/h8-9,12H,2-7H2,1H3. The molecule has 2 aliphatic rings. The molecule has 82 valence electrons. The van der Waals surface area contributed by atoms with Crippen molar-refractivity contribution in [2.24, 2.45) is 5.92 Å². The first-order valence-corrected chi connectivity index (χ1v) is 6.00. The molecule has 1 saturated carbocycles. The third kappa shape index (κ3) is 1.78. The summed E-state index contributed by atoms with van der Waals surface area (Å²) in [5, 5.41) is 12.1. The monoisotopic (exact) mass is 206 g/mol. The molecule has 1 fully saturated rings. The number of aromatic nitrogens is 3. The summed E-state index contributed by atoms with van der Waals surface area (Å²) >= 11 is 0. The van der Waals surface area contributed by atoms with Gasteiger partial charge in [0.05, 0.1) is 6.04 Å². The summed E-state index contributed by atoms with van der Waals surface area (Å²) in [6, 6.07) is 0.352. The minimum Gasteiger partial charge on any atom is -0.314 e. The summed E-state index contributed by atoms with van der Waals surface area (Å²) in [5.41, 5.74) is 0. The second kappa shape index (κ2) is 3.59. The fraction of sp³-hybridized carbons (Fsp3) is 0.818. The average molecular weight is 206 g/mol. The van der Waals surface area contributed by atoms with Crippen molar-refractivity contribution in [1.29, 1.82) is 0 Å². The molecular formula is C11H18N4. The van der Waals surface area contributed by atoms with Gasteiger partial charge in [-0.1, -0.05) is 0 Å². The van der Waals surface area contributed by atoms with Gasteiger partial charge in [-0.25, -0.2) is 0 Å². The SMILES string of the molecule is CC(NCC1CC1)c1nnc2n1CCC2. The van der Waals surface area contributed by atoms with E-state index in [-0.39, 0.29) is 0 Å². The van der Waals surface area contributed by atoms with Crippen LogP contribution in [0.2, 0.25) is 0 Å². The second-order valence-electron chi connectivity index (χ2n) is 4.80. The van der Waals surface area contributed by atoms with E-state index in [0.717, 1.165) is 31.3 Å². The predicted octanol–water partition coefficient (Wildman–Crippen LogP) is 1.28. The molecule has 0 spiro atoms. The molecule has 3 rings (SSSR count). The van der Waals surface area contributed by atoms with Crippen LogP contribution in [-0.4, -0.2) is 21.3 Å². The van der Waals surface area contributed by atoms with Gasteiger partial charge >= 0.3 is 0 Å². The fourth-order valence-corrected chi connectivity index (χ4v) is 2.25. The molecule has 0 radical (unpaired) electrons. The molecule has 1 aliphatic carbocycles. The summed E-state index contributed by atoms with van der Waals surface area (Å²) in [6.07, 6.45) is 5.13. The van der Waals surface area contributed by atoms with Crippen LogP contribution in [0.25, 0.3) is 0 Å². The van der Waals surface area contributed by atoms with Gasteiger partial charge in [0.25, 0.3) is 0 Å². The van der Waals surface area contributed by atoms with E-state index in [9.17, 15) is 0 Å². The average Bonchev–Trinajstić information content (AvgIpc) is 2.78. The first-order chi connectivity index (χ1) is 7.34. The van der Waals surface area contributed by atoms with Gasteiger partial charge in [-0.15, -0.1) is 10.2 Å². The molecule has 0 bridgehead atoms. The lowest BCUT2D eigenvalue weighted by molar-refractivity contribution is 0.502. The van der Waals surface area contributed by atoms with Gasteiger partial charge in [0, 0.05) is 13.0 Å². The zero-order valence-corrected chi connectivity index (χ0v) is 9.24. The number of nitrogens with zero attached hydrogens (tertiary/aromatic N) is 3. The molecule has 4 nitrogen and oxygen atoms in total. The van der Waals surface area contributed by atoms with E-state index in [4.69, 9.17) is 0 Å². The van der Waals surface area contributed by atoms with Gasteiger partial charge in [-0.3, -0.25) is 0 Å². The van der Waals surface area contributed by atoms with Crippen LogP contribution in [0.3, 0.4) is 0 Å². The van der Waals surface area contributed by atoms with Gasteiger partial charge in [-0.2, -0.15) is 0 Å². The van der Waals surface area contributed by atoms with Crippen LogP contribution >= 0.6 is 0 Å². The number of rotatable bonds is 4. The topological polar surface area (TPSA) is 42.7 Å². The van der Waals surface area contributed by atoms with Crippen molar-refractivity contribution < 1.29 is 0 Å². The summed E-state index contributed by atoms with van der Waals surface area (Å²) in [6.45, 7) is 4.44. The molecule has 4 heteroatoms. The van der Waals surface area contributed by atoms with E-state index in [0.29, 0.717) is 6.04 Å². The summed E-state index contributed by atoms with van der Waals surface area (Å²) < 4.78 is 2.28. The first kappa shape index (κ1) is 9.33. The van der Waals surface area contributed by atoms with Crippen molar-refractivity contribution in [3.8, 4) is 0 Å². The van der Waals surface area contributed by atoms with Gasteiger partial charge < -0.3 is 9.88 Å². The van der Waals surface area contributed by atoms with Crippen LogP contribution in [-0.2, 0) is 13.0 Å². The van der Waals surface area contributed by atoms with Crippen LogP contribution < -0.4 is 5.32 Å². The molecule has 1 unspecified atom stereocenters. The summed E-state index contributed by atoms with van der Waals surface area (Å²) in [7, 11) is 0. The lowest BCUT2D eigenvalue weighted by Crippen LogP contribution is -2.24. The molecule has 0 aromatic carbocycles. The summed E-state index contributed by atoms with van der Waals surface area (Å²) in [5.74, 6) is 3.22. The maximum Gasteiger partial charge on any atom is 0.149 e. The number of nitrogens with one attached hydrogen (secondary N) is 1. The Morgan fingerprint density at radius 2 is 2.33 bits per heavy atom. The highest BCUT2D eigenvalue weighted by atomic mass is 15.3. The van der Waals surface area contributed by atoms with E-state index in [1.165, 1.54) is 25.1 Å². The maximum absolute atomic E-state index is 4.29. The van der Waals surface area contributed by atoms with E-state index >= 15 is 0 Å². The van der Waals surface area contributed by atoms with Crippen molar-refractivity contribution >= 4 is 0 Å². The van der Waals surface area contributed by atoms with Gasteiger partial charge in [-0.05, 0) is 38.6 Å². The first-order valence-electron chi connectivity index (χ1n) is 6.00. The zero-order chi connectivity index (χ0) is 10.3. The molecule has 1 atom stereocenters. The third-order valence-corrected chi connectivity index (χ3v) is 3.44. The van der Waals surface area contributed by atoms with E-state index in [1.807, 2.05) is 0 Å². The molecule has 2 heterocycles. The Hall–Kier alpha value is -0.900. The Bertz CT molecular complexity index is 353. The molecular weight excluding hydrogens is 188 g/mol. The van der Waals surface area contributed by atoms with Gasteiger partial charge in [0.1, 0.15) is 11.6 Å². The number of aryl methyl sites for hydroxylation is 1. The van der Waals surface area contributed by atoms with Crippen LogP contribution in [0.4, 0.5) is 0 Å². The Morgan fingerprint density at radius 3 is 3.13 bits per heavy atom. The minimum atomic E-state index is 0.352. The van der Waals surface area contributed by atoms with Crippen molar-refractivity contribution in [2.45, 2.75) is 45.2 Å². The van der Waals surface area contributed by atoms with Crippen molar-refractivity contribution in [2.75, 3.05) is 6.54 Å². The third-order valence-electron chi connectivity index (χ3n) is 3.44. The Morgan fingerprint density at radius 1 is 1.47 bits per heavy atom. The fourth-order valence-electron chi connectivity index (χ4n) is 2.25. The van der Waals surface area contributed by atoms with E-state index in [2.05, 4.69) is 27.0 Å². The quantitative estimate of drug-likeness (QED) is 0.807. The molecule has 1 aromatic heterocycles. The lowest BCUT2D eigenvalue weighted by atomic mass is 10.3. The number of fused-ring (bicyclic) bond motifs is 1. The number of hydrogen-bond donors (Lipinski definition) is 1. The van der Waals surface area contributed by atoms with Crippen molar-refractivity contribution in [3.05, 3.63) is 11.6 Å². The van der Waals surface area contributed by atoms with Crippen molar-refractivity contribution in [1.82, 2.24) is 20.1 Å². The molecule has 0 saturated heterocycles. The molecule has 1 aliphatic heterocycles. The highest BCUT2D eigenvalue weighted by Gasteiger charge is 2.24. The van der Waals surface area contributed by atoms with Crippen LogP contribution in [0.5, 0.6) is 0 Å². The maximum atomic E-state index is 4.29. The van der Waals surface area contributed by atoms with E-state index in [1.54, 1.807) is 0 Å². The Labute approximate surface area is 90.1 Å². The number of hydrogen-bond acceptors (Lipinski definition) is 3. The van der Waals surface area contributed by atoms with Crippen LogP contribution in [0.15, 0.2) is 0 Å². The minimum absolute atomic E-state index is 0.352. The van der Waals surface area contributed by atoms with Crippen molar-refractivity contribution in [3.63, 3.8) is 0 Å². The molecule has 1 aromatic rings. The van der Waals surface area contributed by atoms with Crippen LogP contribution in [0, 0.1) is 5.92 Å². The molecule has 0 amide bonds. The Kier molecular flexibility index (Phi) is 2.24.